The Balaban J connectivity index is 2.96. The van der Waals surface area contributed by atoms with Gasteiger partial charge in [-0.05, 0) is 24.5 Å². The molecular formula is C12H16FN3O3S. The zero-order chi connectivity index (χ0) is 15.1. The first-order valence-corrected chi connectivity index (χ1v) is 7.33. The topological polar surface area (TPSA) is 84.3 Å². The van der Waals surface area contributed by atoms with Crippen LogP contribution in [0.25, 0.3) is 0 Å². The van der Waals surface area contributed by atoms with Gasteiger partial charge in [-0.25, -0.2) is 4.39 Å². The molecule has 20 heavy (non-hydrogen) atoms. The Morgan fingerprint density at radius 1 is 1.50 bits per heavy atom. The number of nitrogens with one attached hydrogen (secondary N) is 2. The molecule has 0 saturated carbocycles. The fourth-order valence-corrected chi connectivity index (χ4v) is 2.03. The Labute approximate surface area is 120 Å². The molecular weight excluding hydrogens is 285 g/mol. The first-order valence-electron chi connectivity index (χ1n) is 5.94. The zero-order valence-electron chi connectivity index (χ0n) is 11.2. The number of anilines is 1. The summed E-state index contributed by atoms with van der Waals surface area (Å²) in [5, 5.41) is 16.0. The van der Waals surface area contributed by atoms with Gasteiger partial charge in [0.2, 0.25) is 0 Å². The SMILES string of the molecule is CNc1cc(C(=O)NCCCSC)c([N+](=O)[O-])cc1F. The average Bonchev–Trinajstić information content (AvgIpc) is 2.42. The van der Waals surface area contributed by atoms with E-state index < -0.39 is 22.3 Å². The van der Waals surface area contributed by atoms with Crippen LogP contribution < -0.4 is 10.6 Å². The second kappa shape index (κ2) is 7.68. The maximum Gasteiger partial charge on any atom is 0.285 e. The van der Waals surface area contributed by atoms with E-state index in [1.54, 1.807) is 11.8 Å². The third-order valence-corrected chi connectivity index (χ3v) is 3.30. The van der Waals surface area contributed by atoms with Crippen molar-refractivity contribution in [3.05, 3.63) is 33.6 Å². The summed E-state index contributed by atoms with van der Waals surface area (Å²) in [5.41, 5.74) is -0.640. The molecule has 6 nitrogen and oxygen atoms in total. The summed E-state index contributed by atoms with van der Waals surface area (Å²) in [6.45, 7) is 0.420. The van der Waals surface area contributed by atoms with E-state index in [1.165, 1.54) is 7.05 Å². The lowest BCUT2D eigenvalue weighted by Gasteiger charge is -2.08. The molecule has 1 amide bonds. The third kappa shape index (κ3) is 4.09. The molecule has 0 saturated heterocycles. The maximum atomic E-state index is 13.5. The van der Waals surface area contributed by atoms with Crippen LogP contribution in [0.3, 0.4) is 0 Å². The van der Waals surface area contributed by atoms with E-state index in [0.29, 0.717) is 6.54 Å². The number of nitro groups is 1. The molecule has 2 N–H and O–H groups in total. The molecule has 0 aliphatic carbocycles. The van der Waals surface area contributed by atoms with Gasteiger partial charge in [-0.1, -0.05) is 0 Å². The van der Waals surface area contributed by atoms with Gasteiger partial charge in [-0.3, -0.25) is 14.9 Å². The molecule has 1 aromatic rings. The van der Waals surface area contributed by atoms with E-state index in [0.717, 1.165) is 24.3 Å². The van der Waals surface area contributed by atoms with Crippen LogP contribution in [0.4, 0.5) is 15.8 Å². The molecule has 8 heteroatoms. The number of hydrogen-bond acceptors (Lipinski definition) is 5. The van der Waals surface area contributed by atoms with E-state index in [-0.39, 0.29) is 11.3 Å². The summed E-state index contributed by atoms with van der Waals surface area (Å²) in [6, 6.07) is 1.90. The lowest BCUT2D eigenvalue weighted by atomic mass is 10.1. The molecule has 1 rings (SSSR count). The van der Waals surface area contributed by atoms with Gasteiger partial charge in [-0.2, -0.15) is 11.8 Å². The van der Waals surface area contributed by atoms with Gasteiger partial charge in [0.15, 0.2) is 5.82 Å². The summed E-state index contributed by atoms with van der Waals surface area (Å²) >= 11 is 1.65. The smallest absolute Gasteiger partial charge is 0.285 e. The lowest BCUT2D eigenvalue weighted by Crippen LogP contribution is -2.25. The number of hydrogen-bond donors (Lipinski definition) is 2. The predicted molar refractivity (Wildman–Crippen MR) is 77.9 cm³/mol. The van der Waals surface area contributed by atoms with Crippen molar-refractivity contribution in [3.8, 4) is 0 Å². The van der Waals surface area contributed by atoms with E-state index >= 15 is 0 Å². The number of amides is 1. The Morgan fingerprint density at radius 2 is 2.20 bits per heavy atom. The monoisotopic (exact) mass is 301 g/mol. The van der Waals surface area contributed by atoms with Crippen LogP contribution in [0.1, 0.15) is 16.8 Å². The van der Waals surface area contributed by atoms with Gasteiger partial charge in [0, 0.05) is 13.6 Å². The summed E-state index contributed by atoms with van der Waals surface area (Å²) in [4.78, 5) is 22.1. The van der Waals surface area contributed by atoms with Gasteiger partial charge in [0.25, 0.3) is 11.6 Å². The van der Waals surface area contributed by atoms with Crippen molar-refractivity contribution >= 4 is 29.0 Å². The Morgan fingerprint density at radius 3 is 2.75 bits per heavy atom. The number of carbonyl (C=O) groups is 1. The molecule has 0 aromatic heterocycles. The highest BCUT2D eigenvalue weighted by Gasteiger charge is 2.23. The molecule has 0 unspecified atom stereocenters. The van der Waals surface area contributed by atoms with Gasteiger partial charge >= 0.3 is 0 Å². The van der Waals surface area contributed by atoms with Crippen LogP contribution >= 0.6 is 11.8 Å². The summed E-state index contributed by atoms with van der Waals surface area (Å²) < 4.78 is 13.5. The number of thioether (sulfide) groups is 1. The fourth-order valence-electron chi connectivity index (χ4n) is 1.60. The van der Waals surface area contributed by atoms with Crippen molar-refractivity contribution < 1.29 is 14.1 Å². The minimum absolute atomic E-state index is 0.0462. The van der Waals surface area contributed by atoms with E-state index in [2.05, 4.69) is 10.6 Å². The van der Waals surface area contributed by atoms with Crippen molar-refractivity contribution in [1.29, 1.82) is 0 Å². The highest BCUT2D eigenvalue weighted by molar-refractivity contribution is 7.98. The van der Waals surface area contributed by atoms with Crippen LogP contribution in [0.15, 0.2) is 12.1 Å². The van der Waals surface area contributed by atoms with Crippen LogP contribution in [-0.2, 0) is 0 Å². The Kier molecular flexibility index (Phi) is 6.23. The highest BCUT2D eigenvalue weighted by atomic mass is 32.2. The highest BCUT2D eigenvalue weighted by Crippen LogP contribution is 2.25. The minimum atomic E-state index is -0.766. The first kappa shape index (κ1) is 16.2. The zero-order valence-corrected chi connectivity index (χ0v) is 12.1. The van der Waals surface area contributed by atoms with Crippen LogP contribution in [0.2, 0.25) is 0 Å². The van der Waals surface area contributed by atoms with E-state index in [1.807, 2.05) is 6.26 Å². The Bertz CT molecular complexity index is 511. The van der Waals surface area contributed by atoms with Gasteiger partial charge in [-0.15, -0.1) is 0 Å². The largest absolute Gasteiger partial charge is 0.386 e. The molecule has 0 bridgehead atoms. The fraction of sp³-hybridized carbons (Fsp3) is 0.417. The van der Waals surface area contributed by atoms with Crippen molar-refractivity contribution in [2.24, 2.45) is 0 Å². The van der Waals surface area contributed by atoms with E-state index in [4.69, 9.17) is 0 Å². The number of benzene rings is 1. The number of nitrogens with zero attached hydrogens (tertiary/aromatic N) is 1. The molecule has 110 valence electrons. The first-order chi connectivity index (χ1) is 9.51. The van der Waals surface area contributed by atoms with E-state index in [9.17, 15) is 19.3 Å². The summed E-state index contributed by atoms with van der Waals surface area (Å²) in [7, 11) is 1.48. The third-order valence-electron chi connectivity index (χ3n) is 2.61. The van der Waals surface area contributed by atoms with Crippen LogP contribution in [0.5, 0.6) is 0 Å². The number of rotatable bonds is 7. The summed E-state index contributed by atoms with van der Waals surface area (Å²) in [5.74, 6) is -0.458. The second-order valence-electron chi connectivity index (χ2n) is 3.96. The molecule has 0 atom stereocenters. The second-order valence-corrected chi connectivity index (χ2v) is 4.94. The number of nitro benzene ring substituents is 1. The van der Waals surface area contributed by atoms with Gasteiger partial charge in [0.1, 0.15) is 5.56 Å². The van der Waals surface area contributed by atoms with Crippen molar-refractivity contribution in [3.63, 3.8) is 0 Å². The predicted octanol–water partition coefficient (Wildman–Crippen LogP) is 2.26. The molecule has 0 spiro atoms. The molecule has 0 radical (unpaired) electrons. The van der Waals surface area contributed by atoms with Crippen LogP contribution in [-0.4, -0.2) is 36.4 Å². The normalized spacial score (nSPS) is 10.2. The molecule has 1 aromatic carbocycles. The number of carbonyl (C=O) groups excluding carboxylic acids is 1. The molecule has 0 aliphatic rings. The summed E-state index contributed by atoms with van der Waals surface area (Å²) in [6.07, 6.45) is 2.71. The molecule has 0 heterocycles. The number of halogens is 1. The lowest BCUT2D eigenvalue weighted by molar-refractivity contribution is -0.385. The maximum absolute atomic E-state index is 13.5. The quantitative estimate of drug-likeness (QED) is 0.458. The van der Waals surface area contributed by atoms with Crippen molar-refractivity contribution in [1.82, 2.24) is 5.32 Å². The van der Waals surface area contributed by atoms with Gasteiger partial charge in [0.05, 0.1) is 16.7 Å². The Hall–Kier alpha value is -1.83. The van der Waals surface area contributed by atoms with Crippen molar-refractivity contribution in [2.45, 2.75) is 6.42 Å². The average molecular weight is 301 g/mol. The minimum Gasteiger partial charge on any atom is -0.386 e. The van der Waals surface area contributed by atoms with Gasteiger partial charge < -0.3 is 10.6 Å². The van der Waals surface area contributed by atoms with Crippen LogP contribution in [0, 0.1) is 15.9 Å². The van der Waals surface area contributed by atoms with Crippen molar-refractivity contribution in [2.75, 3.05) is 30.9 Å². The molecule has 0 fully saturated rings. The molecule has 0 aliphatic heterocycles. The standard InChI is InChI=1S/C12H16FN3O3S/c1-14-10-6-8(11(16(18)19)7-9(10)13)12(17)15-4-3-5-20-2/h6-7,14H,3-5H2,1-2H3,(H,15,17).